The smallest absolute Gasteiger partial charge is 0.387 e. The first-order chi connectivity index (χ1) is 11.6. The summed E-state index contributed by atoms with van der Waals surface area (Å²) in [7, 11) is -4.81. The van der Waals surface area contributed by atoms with Crippen molar-refractivity contribution in [2.75, 3.05) is 12.3 Å². The Bertz CT molecular complexity index is 915. The molecule has 0 aromatic carbocycles. The molecule has 1 aliphatic rings. The van der Waals surface area contributed by atoms with Gasteiger partial charge in [-0.3, -0.25) is 18.9 Å². The Labute approximate surface area is 146 Å². The summed E-state index contributed by atoms with van der Waals surface area (Å²) in [5.41, 5.74) is 4.38. The number of phosphoric acid groups is 1. The lowest BCUT2D eigenvalue weighted by Gasteiger charge is -2.16. The van der Waals surface area contributed by atoms with E-state index in [-0.39, 0.29) is 29.4 Å². The van der Waals surface area contributed by atoms with Crippen LogP contribution in [-0.4, -0.2) is 64.4 Å². The highest BCUT2D eigenvalue weighted by Gasteiger charge is 2.45. The number of nitrogens with two attached hydrogens (primary N) is 1. The minimum atomic E-state index is -4.81. The number of ether oxygens (including phenoxy) is 1. The third-order valence-corrected chi connectivity index (χ3v) is 3.88. The number of hydrogen-bond donors (Lipinski definition) is 8. The van der Waals surface area contributed by atoms with E-state index in [1.54, 1.807) is 0 Å². The van der Waals surface area contributed by atoms with Crippen molar-refractivity contribution in [3.05, 3.63) is 16.7 Å². The van der Waals surface area contributed by atoms with Gasteiger partial charge in [0.2, 0.25) is 5.95 Å². The number of anilines is 1. The molecule has 148 valence electrons. The van der Waals surface area contributed by atoms with Gasteiger partial charge in [-0.25, -0.2) is 9.55 Å². The summed E-state index contributed by atoms with van der Waals surface area (Å²) in [6.45, 7) is -0.713. The Hall–Kier alpha value is -1.94. The van der Waals surface area contributed by atoms with Gasteiger partial charge >= 0.3 is 7.82 Å². The van der Waals surface area contributed by atoms with Crippen molar-refractivity contribution in [2.24, 2.45) is 0 Å². The minimum Gasteiger partial charge on any atom is -0.387 e. The molecular weight excluding hydrogens is 377 g/mol. The lowest BCUT2D eigenvalue weighted by Crippen LogP contribution is -2.33. The molecule has 15 nitrogen and oxygen atoms in total. The number of nitrogen functional groups attached to an aromatic ring is 1. The van der Waals surface area contributed by atoms with E-state index in [1.165, 1.54) is 0 Å². The minimum absolute atomic E-state index is 0. The summed E-state index contributed by atoms with van der Waals surface area (Å²) >= 11 is 0. The van der Waals surface area contributed by atoms with Gasteiger partial charge < -0.3 is 42.8 Å². The molecule has 0 spiro atoms. The molecule has 16 heteroatoms. The number of aromatic nitrogens is 4. The average molecular weight is 399 g/mol. The van der Waals surface area contributed by atoms with Crippen LogP contribution >= 0.6 is 7.82 Å². The zero-order chi connectivity index (χ0) is 18.5. The van der Waals surface area contributed by atoms with Gasteiger partial charge in [0.15, 0.2) is 17.4 Å². The van der Waals surface area contributed by atoms with Gasteiger partial charge in [-0.2, -0.15) is 4.98 Å². The highest BCUT2D eigenvalue weighted by Crippen LogP contribution is 2.38. The molecule has 0 bridgehead atoms. The fraction of sp³-hybridized carbons (Fsp3) is 0.500. The number of rotatable bonds is 4. The van der Waals surface area contributed by atoms with Gasteiger partial charge in [-0.15, -0.1) is 0 Å². The van der Waals surface area contributed by atoms with Gasteiger partial charge in [-0.05, 0) is 0 Å². The van der Waals surface area contributed by atoms with Crippen LogP contribution in [0.15, 0.2) is 11.1 Å². The molecule has 0 saturated carbocycles. The van der Waals surface area contributed by atoms with Crippen molar-refractivity contribution in [3.63, 3.8) is 0 Å². The van der Waals surface area contributed by atoms with E-state index in [0.717, 1.165) is 4.57 Å². The number of nitrogens with one attached hydrogen (secondary N) is 1. The normalized spacial score (nSPS) is 26.2. The zero-order valence-corrected chi connectivity index (χ0v) is 14.1. The summed E-state index contributed by atoms with van der Waals surface area (Å²) in [6.07, 6.45) is -6.37. The highest BCUT2D eigenvalue weighted by molar-refractivity contribution is 7.46. The Balaban J connectivity index is 0.00000182. The molecule has 3 rings (SSSR count). The van der Waals surface area contributed by atoms with Crippen LogP contribution in [0.4, 0.5) is 5.95 Å². The Morgan fingerprint density at radius 2 is 2.08 bits per heavy atom. The quantitative estimate of drug-likeness (QED) is 0.253. The van der Waals surface area contributed by atoms with E-state index in [2.05, 4.69) is 19.5 Å². The molecule has 0 amide bonds. The lowest BCUT2D eigenvalue weighted by atomic mass is 10.1. The second-order valence-electron chi connectivity index (χ2n) is 5.04. The largest absolute Gasteiger partial charge is 0.469 e. The fourth-order valence-electron chi connectivity index (χ4n) is 2.32. The summed E-state index contributed by atoms with van der Waals surface area (Å²) < 4.78 is 29.1. The van der Waals surface area contributed by atoms with Crippen LogP contribution < -0.4 is 23.6 Å². The maximum absolute atomic E-state index is 11.8. The number of aromatic amines is 1. The summed E-state index contributed by atoms with van der Waals surface area (Å²) in [5.74, 6) is -0.256. The molecule has 1 fully saturated rings. The fourth-order valence-corrected chi connectivity index (χ4v) is 2.66. The van der Waals surface area contributed by atoms with Crippen molar-refractivity contribution in [2.45, 2.75) is 24.5 Å². The van der Waals surface area contributed by atoms with E-state index in [9.17, 15) is 19.6 Å². The number of phosphoric ester groups is 1. The first-order valence-electron chi connectivity index (χ1n) is 7.04. The van der Waals surface area contributed by atoms with Crippen molar-refractivity contribution < 1.29 is 35.2 Å². The molecule has 0 radical (unpaired) electrons. The molecule has 1 saturated heterocycles. The molecule has 4 atom stereocenters. The Kier molecular flexibility index (Phi) is 6.07. The van der Waals surface area contributed by atoms with Crippen molar-refractivity contribution in [3.8, 4) is 0 Å². The molecule has 3 heterocycles. The standard InChI is InChI=1S/C10H14N5O8P.2H3N/c11-10-13-7-4(8(18)14-10)12-2-15(7)9-6(17)5(16)3(23-9)1-22-24(19,20)21;;/h2-3,5-6,9,16-17H,1H2,(H2,19,20,21)(H3,11,13,14,18);2*1H3/t3-,5-,6-,9-;;/m1../s1/i2T;;. The van der Waals surface area contributed by atoms with Crippen LogP contribution in [0.1, 0.15) is 7.60 Å². The number of aliphatic hydroxyl groups is 2. The maximum atomic E-state index is 11.8. The molecule has 26 heavy (non-hydrogen) atoms. The summed E-state index contributed by atoms with van der Waals surface area (Å²) in [6, 6.07) is 0. The Morgan fingerprint density at radius 3 is 2.69 bits per heavy atom. The van der Waals surface area contributed by atoms with Crippen LogP contribution in [0.2, 0.25) is 0 Å². The van der Waals surface area contributed by atoms with Gasteiger partial charge in [0.1, 0.15) is 19.7 Å². The van der Waals surface area contributed by atoms with E-state index >= 15 is 0 Å². The highest BCUT2D eigenvalue weighted by atomic mass is 31.2. The predicted octanol–water partition coefficient (Wildman–Crippen LogP) is -2.25. The first kappa shape index (κ1) is 20.4. The number of aliphatic hydroxyl groups excluding tert-OH is 2. The van der Waals surface area contributed by atoms with Crippen LogP contribution in [-0.2, 0) is 13.8 Å². The molecule has 13 N–H and O–H groups in total. The number of hydrogen-bond acceptors (Lipinski definition) is 11. The third kappa shape index (κ3) is 4.07. The van der Waals surface area contributed by atoms with Gasteiger partial charge in [-0.1, -0.05) is 0 Å². The molecule has 2 aromatic rings. The van der Waals surface area contributed by atoms with E-state index in [4.69, 9.17) is 21.6 Å². The molecule has 0 unspecified atom stereocenters. The average Bonchev–Trinajstić information content (AvgIpc) is 2.95. The van der Waals surface area contributed by atoms with Crippen LogP contribution in [0, 0.1) is 0 Å². The topological polar surface area (TPSA) is 276 Å². The van der Waals surface area contributed by atoms with E-state index in [0.29, 0.717) is 0 Å². The number of fused-ring (bicyclic) bond motifs is 1. The van der Waals surface area contributed by atoms with Crippen molar-refractivity contribution >= 4 is 24.9 Å². The van der Waals surface area contributed by atoms with Crippen LogP contribution in [0.3, 0.4) is 0 Å². The van der Waals surface area contributed by atoms with Crippen LogP contribution in [0.5, 0.6) is 0 Å². The first-order valence-corrected chi connectivity index (χ1v) is 8.07. The Morgan fingerprint density at radius 1 is 1.42 bits per heavy atom. The SMILES string of the molecule is N.N.[3H]c1nc2c(=O)[nH]c(N)nc2n1[C@@H]1O[C@H](COP(=O)(O)O)[C@@H](O)[C@H]1O. The second-order valence-corrected chi connectivity index (χ2v) is 6.28. The van der Waals surface area contributed by atoms with Gasteiger partial charge in [0, 0.05) is 0 Å². The predicted molar refractivity (Wildman–Crippen MR) is 86.5 cm³/mol. The van der Waals surface area contributed by atoms with E-state index in [1.807, 2.05) is 0 Å². The lowest BCUT2D eigenvalue weighted by molar-refractivity contribution is -0.0503. The van der Waals surface area contributed by atoms with E-state index < -0.39 is 50.8 Å². The summed E-state index contributed by atoms with van der Waals surface area (Å²) in [4.78, 5) is 39.0. The van der Waals surface area contributed by atoms with Crippen molar-refractivity contribution in [1.82, 2.24) is 31.8 Å². The third-order valence-electron chi connectivity index (χ3n) is 3.39. The van der Waals surface area contributed by atoms with Gasteiger partial charge in [0.05, 0.1) is 12.9 Å². The summed E-state index contributed by atoms with van der Waals surface area (Å²) in [5, 5.41) is 20.1. The maximum Gasteiger partial charge on any atom is 0.469 e. The number of imidazole rings is 1. The van der Waals surface area contributed by atoms with Gasteiger partial charge in [0.25, 0.3) is 5.56 Å². The zero-order valence-electron chi connectivity index (χ0n) is 14.2. The molecule has 1 aliphatic heterocycles. The second kappa shape index (κ2) is 7.75. The number of nitrogens with zero attached hydrogens (tertiary/aromatic N) is 3. The molecular formula is C10H20N7O8P. The van der Waals surface area contributed by atoms with Crippen LogP contribution in [0.25, 0.3) is 11.2 Å². The molecule has 2 aromatic heterocycles. The monoisotopic (exact) mass is 399 g/mol. The van der Waals surface area contributed by atoms with Crippen molar-refractivity contribution in [1.29, 1.82) is 0 Å². The number of H-pyrrole nitrogens is 1. The molecule has 0 aliphatic carbocycles.